The van der Waals surface area contributed by atoms with Crippen molar-refractivity contribution in [1.29, 1.82) is 0 Å². The van der Waals surface area contributed by atoms with E-state index in [0.717, 1.165) is 5.92 Å². The maximum Gasteiger partial charge on any atom is 0.0678 e. The van der Waals surface area contributed by atoms with Crippen LogP contribution in [0.25, 0.3) is 0 Å². The normalized spacial score (nSPS) is 58.6. The van der Waals surface area contributed by atoms with Crippen LogP contribution in [0.15, 0.2) is 0 Å². The van der Waals surface area contributed by atoms with E-state index in [1.165, 1.54) is 6.42 Å². The molecule has 0 aromatic carbocycles. The number of hydrogen-bond donors (Lipinski definition) is 1. The molecule has 0 aromatic heterocycles. The number of aliphatic hydroxyl groups is 1. The molecule has 0 amide bonds. The topological polar surface area (TPSA) is 20.2 Å². The van der Waals surface area contributed by atoms with E-state index in [9.17, 15) is 5.11 Å². The van der Waals surface area contributed by atoms with E-state index in [1.54, 1.807) is 0 Å². The third kappa shape index (κ3) is 0.918. The molecule has 76 valence electrons. The van der Waals surface area contributed by atoms with Crippen LogP contribution in [0.1, 0.15) is 41.0 Å². The summed E-state index contributed by atoms with van der Waals surface area (Å²) in [7, 11) is 0. The van der Waals surface area contributed by atoms with Crippen molar-refractivity contribution in [2.45, 2.75) is 46.6 Å². The van der Waals surface area contributed by atoms with Gasteiger partial charge < -0.3 is 5.11 Å². The van der Waals surface area contributed by atoms with Gasteiger partial charge >= 0.3 is 0 Å². The van der Waals surface area contributed by atoms with E-state index in [0.29, 0.717) is 23.2 Å². The van der Waals surface area contributed by atoms with Crippen LogP contribution in [0.4, 0.5) is 0 Å². The average molecular weight is 182 g/mol. The minimum atomic E-state index is -0.403. The second-order valence-corrected chi connectivity index (χ2v) is 6.07. The third-order valence-corrected chi connectivity index (χ3v) is 5.52. The molecular weight excluding hydrogens is 160 g/mol. The van der Waals surface area contributed by atoms with E-state index in [4.69, 9.17) is 0 Å². The molecule has 0 aromatic rings. The van der Waals surface area contributed by atoms with Crippen LogP contribution in [0.3, 0.4) is 0 Å². The molecule has 2 rings (SSSR count). The van der Waals surface area contributed by atoms with Crippen LogP contribution < -0.4 is 0 Å². The van der Waals surface area contributed by atoms with Gasteiger partial charge in [-0.1, -0.05) is 27.7 Å². The van der Waals surface area contributed by atoms with Gasteiger partial charge in [-0.2, -0.15) is 0 Å². The Kier molecular flexibility index (Phi) is 1.69. The second kappa shape index (κ2) is 2.31. The molecule has 2 bridgehead atoms. The van der Waals surface area contributed by atoms with Gasteiger partial charge in [0.25, 0.3) is 0 Å². The summed E-state index contributed by atoms with van der Waals surface area (Å²) in [6, 6.07) is 0. The number of fused-ring (bicyclic) bond motifs is 2. The summed E-state index contributed by atoms with van der Waals surface area (Å²) in [5.41, 5.74) is 0.0337. The van der Waals surface area contributed by atoms with E-state index in [1.807, 2.05) is 6.92 Å². The minimum absolute atomic E-state index is 0.403. The largest absolute Gasteiger partial charge is 0.390 e. The average Bonchev–Trinajstić information content (AvgIpc) is 2.35. The highest BCUT2D eigenvalue weighted by molar-refractivity contribution is 5.12. The maximum atomic E-state index is 10.4. The molecule has 1 heteroatoms. The Morgan fingerprint density at radius 2 is 1.54 bits per heavy atom. The summed E-state index contributed by atoms with van der Waals surface area (Å²) in [6.45, 7) is 11.3. The molecule has 2 aliphatic carbocycles. The van der Waals surface area contributed by atoms with Crippen molar-refractivity contribution in [3.63, 3.8) is 0 Å². The van der Waals surface area contributed by atoms with Crippen LogP contribution >= 0.6 is 0 Å². The van der Waals surface area contributed by atoms with Crippen molar-refractivity contribution in [3.05, 3.63) is 0 Å². The highest BCUT2D eigenvalue weighted by Gasteiger charge is 2.63. The van der Waals surface area contributed by atoms with Gasteiger partial charge in [-0.05, 0) is 42.4 Å². The van der Waals surface area contributed by atoms with Gasteiger partial charge in [0.15, 0.2) is 0 Å². The zero-order valence-electron chi connectivity index (χ0n) is 9.46. The van der Waals surface area contributed by atoms with E-state index < -0.39 is 5.60 Å². The van der Waals surface area contributed by atoms with Gasteiger partial charge in [-0.3, -0.25) is 0 Å². The lowest BCUT2D eigenvalue weighted by atomic mass is 9.61. The molecular formula is C12H22O. The predicted molar refractivity (Wildman–Crippen MR) is 54.3 cm³/mol. The van der Waals surface area contributed by atoms with Gasteiger partial charge in [0.05, 0.1) is 5.60 Å². The van der Waals surface area contributed by atoms with E-state index in [-0.39, 0.29) is 0 Å². The van der Waals surface area contributed by atoms with Crippen LogP contribution in [0.5, 0.6) is 0 Å². The summed E-state index contributed by atoms with van der Waals surface area (Å²) in [5, 5.41) is 10.4. The van der Waals surface area contributed by atoms with Crippen LogP contribution in [-0.4, -0.2) is 10.7 Å². The predicted octanol–water partition coefficient (Wildman–Crippen LogP) is 2.69. The summed E-state index contributed by atoms with van der Waals surface area (Å²) in [4.78, 5) is 0. The molecule has 1 nitrogen and oxygen atoms in total. The van der Waals surface area contributed by atoms with Gasteiger partial charge in [0.1, 0.15) is 0 Å². The Bertz CT molecular complexity index is 205. The van der Waals surface area contributed by atoms with Gasteiger partial charge in [-0.15, -0.1) is 0 Å². The summed E-state index contributed by atoms with van der Waals surface area (Å²) < 4.78 is 0. The molecule has 2 aliphatic rings. The summed E-state index contributed by atoms with van der Waals surface area (Å²) >= 11 is 0. The van der Waals surface area contributed by atoms with Crippen LogP contribution in [-0.2, 0) is 0 Å². The van der Waals surface area contributed by atoms with Gasteiger partial charge in [-0.25, -0.2) is 0 Å². The highest BCUT2D eigenvalue weighted by Crippen LogP contribution is 2.65. The fourth-order valence-electron chi connectivity index (χ4n) is 3.98. The smallest absolute Gasteiger partial charge is 0.0678 e. The Balaban J connectivity index is 2.37. The Morgan fingerprint density at radius 3 is 1.92 bits per heavy atom. The Hall–Kier alpha value is -0.0400. The third-order valence-electron chi connectivity index (χ3n) is 5.52. The second-order valence-electron chi connectivity index (χ2n) is 6.07. The lowest BCUT2D eigenvalue weighted by Crippen LogP contribution is -2.48. The maximum absolute atomic E-state index is 10.4. The van der Waals surface area contributed by atoms with Crippen molar-refractivity contribution < 1.29 is 5.11 Å². The molecule has 0 heterocycles. The summed E-state index contributed by atoms with van der Waals surface area (Å²) in [5.74, 6) is 2.40. The molecule has 1 N–H and O–H groups in total. The monoisotopic (exact) mass is 182 g/mol. The SMILES string of the molecule is C[C@H]1[C@@H]2C[C@@H]([C@H](C)[C@@]2(C)O)C1(C)C. The van der Waals surface area contributed by atoms with Crippen molar-refractivity contribution in [3.8, 4) is 0 Å². The first-order valence-electron chi connectivity index (χ1n) is 5.52. The Labute approximate surface area is 81.5 Å². The molecule has 0 saturated heterocycles. The highest BCUT2D eigenvalue weighted by atomic mass is 16.3. The first-order valence-corrected chi connectivity index (χ1v) is 5.52. The fraction of sp³-hybridized carbons (Fsp3) is 1.00. The quantitative estimate of drug-likeness (QED) is 0.610. The zero-order chi connectivity index (χ0) is 10.0. The number of rotatable bonds is 0. The molecule has 2 fully saturated rings. The van der Waals surface area contributed by atoms with Crippen LogP contribution in [0, 0.1) is 29.1 Å². The zero-order valence-corrected chi connectivity index (χ0v) is 9.46. The Morgan fingerprint density at radius 1 is 1.00 bits per heavy atom. The van der Waals surface area contributed by atoms with Gasteiger partial charge in [0, 0.05) is 0 Å². The standard InChI is InChI=1S/C12H22O/c1-7-10-6-9(11(7,3)4)8(2)12(10,5)13/h7-10,13H,6H2,1-5H3/t7-,8-,9-,10-,12+/m0/s1. The fourth-order valence-corrected chi connectivity index (χ4v) is 3.98. The molecule has 2 saturated carbocycles. The minimum Gasteiger partial charge on any atom is -0.390 e. The lowest BCUT2D eigenvalue weighted by molar-refractivity contribution is -0.0943. The molecule has 0 unspecified atom stereocenters. The first kappa shape index (κ1) is 9.51. The molecule has 0 aliphatic heterocycles. The summed E-state index contributed by atoms with van der Waals surface area (Å²) in [6.07, 6.45) is 1.24. The van der Waals surface area contributed by atoms with Crippen molar-refractivity contribution in [2.75, 3.05) is 0 Å². The lowest BCUT2D eigenvalue weighted by Gasteiger charge is -2.47. The van der Waals surface area contributed by atoms with E-state index >= 15 is 0 Å². The molecule has 0 radical (unpaired) electrons. The first-order chi connectivity index (χ1) is 5.79. The van der Waals surface area contributed by atoms with E-state index in [2.05, 4.69) is 27.7 Å². The van der Waals surface area contributed by atoms with Gasteiger partial charge in [0.2, 0.25) is 0 Å². The molecule has 5 atom stereocenters. The molecule has 0 spiro atoms. The molecule has 13 heavy (non-hydrogen) atoms. The number of hydrogen-bond acceptors (Lipinski definition) is 1. The van der Waals surface area contributed by atoms with Crippen molar-refractivity contribution >= 4 is 0 Å². The van der Waals surface area contributed by atoms with Crippen LogP contribution in [0.2, 0.25) is 0 Å². The van der Waals surface area contributed by atoms with Crippen molar-refractivity contribution in [2.24, 2.45) is 29.1 Å². The van der Waals surface area contributed by atoms with Crippen molar-refractivity contribution in [1.82, 2.24) is 0 Å².